The summed E-state index contributed by atoms with van der Waals surface area (Å²) < 4.78 is 0. The van der Waals surface area contributed by atoms with Gasteiger partial charge in [0.2, 0.25) is 0 Å². The second-order valence-corrected chi connectivity index (χ2v) is 3.15. The molecule has 1 aromatic rings. The molecule has 0 aromatic heterocycles. The van der Waals surface area contributed by atoms with Crippen LogP contribution in [0.5, 0.6) is 0 Å². The van der Waals surface area contributed by atoms with E-state index in [0.717, 1.165) is 24.0 Å². The van der Waals surface area contributed by atoms with Crippen LogP contribution < -0.4 is 0 Å². The molecule has 1 heteroatoms. The molecule has 1 aromatic carbocycles. The van der Waals surface area contributed by atoms with Crippen LogP contribution >= 0.6 is 0 Å². The lowest BCUT2D eigenvalue weighted by Crippen LogP contribution is -1.95. The predicted molar refractivity (Wildman–Crippen MR) is 58.2 cm³/mol. The quantitative estimate of drug-likeness (QED) is 0.512. The van der Waals surface area contributed by atoms with Crippen LogP contribution in [0, 0.1) is 11.8 Å². The van der Waals surface area contributed by atoms with Gasteiger partial charge in [0.15, 0.2) is 5.78 Å². The van der Waals surface area contributed by atoms with Gasteiger partial charge in [0.1, 0.15) is 0 Å². The first-order valence-corrected chi connectivity index (χ1v) is 4.84. The van der Waals surface area contributed by atoms with Gasteiger partial charge < -0.3 is 0 Å². The minimum atomic E-state index is 0.0754. The molecule has 0 N–H and O–H groups in total. The lowest BCUT2D eigenvalue weighted by atomic mass is 10.0. The Hall–Kier alpha value is -1.55. The van der Waals surface area contributed by atoms with Gasteiger partial charge in [-0.2, -0.15) is 0 Å². The molecule has 0 heterocycles. The summed E-state index contributed by atoms with van der Waals surface area (Å²) in [4.78, 5) is 11.2. The third-order valence-corrected chi connectivity index (χ3v) is 1.90. The SMILES string of the molecule is CCCC#Cc1ccccc1C(C)=O. The van der Waals surface area contributed by atoms with Gasteiger partial charge in [0, 0.05) is 17.5 Å². The Bertz CT molecular complexity index is 380. The standard InChI is InChI=1S/C13H14O/c1-3-4-5-8-12-9-6-7-10-13(12)11(2)14/h6-7,9-10H,3-4H2,1-2H3. The molecule has 14 heavy (non-hydrogen) atoms. The summed E-state index contributed by atoms with van der Waals surface area (Å²) in [5.74, 6) is 6.14. The predicted octanol–water partition coefficient (Wildman–Crippen LogP) is 3.04. The fourth-order valence-electron chi connectivity index (χ4n) is 1.18. The average Bonchev–Trinajstić information content (AvgIpc) is 2.19. The van der Waals surface area contributed by atoms with Crippen molar-refractivity contribution in [2.45, 2.75) is 26.7 Å². The largest absolute Gasteiger partial charge is 0.294 e. The van der Waals surface area contributed by atoms with Crippen molar-refractivity contribution in [3.63, 3.8) is 0 Å². The summed E-state index contributed by atoms with van der Waals surface area (Å²) in [6.07, 6.45) is 1.93. The summed E-state index contributed by atoms with van der Waals surface area (Å²) >= 11 is 0. The Morgan fingerprint density at radius 3 is 2.71 bits per heavy atom. The van der Waals surface area contributed by atoms with Crippen LogP contribution in [-0.4, -0.2) is 5.78 Å². The zero-order valence-corrected chi connectivity index (χ0v) is 8.63. The monoisotopic (exact) mass is 186 g/mol. The Balaban J connectivity index is 2.97. The molecule has 0 unspecified atom stereocenters. The number of Topliss-reactive ketones (excluding diaryl/α,β-unsaturated/α-hetero) is 1. The normalized spacial score (nSPS) is 9.00. The number of rotatable bonds is 2. The number of carbonyl (C=O) groups excluding carboxylic acids is 1. The molecule has 72 valence electrons. The maximum atomic E-state index is 11.2. The first kappa shape index (κ1) is 10.5. The van der Waals surface area contributed by atoms with Crippen molar-refractivity contribution in [3.05, 3.63) is 35.4 Å². The van der Waals surface area contributed by atoms with E-state index in [0.29, 0.717) is 0 Å². The number of carbonyl (C=O) groups is 1. The highest BCUT2D eigenvalue weighted by molar-refractivity contribution is 5.96. The molecule has 1 rings (SSSR count). The van der Waals surface area contributed by atoms with Gasteiger partial charge in [-0.1, -0.05) is 37.0 Å². The van der Waals surface area contributed by atoms with Crippen molar-refractivity contribution in [2.75, 3.05) is 0 Å². The molecule has 0 amide bonds. The van der Waals surface area contributed by atoms with Gasteiger partial charge >= 0.3 is 0 Å². The van der Waals surface area contributed by atoms with Gasteiger partial charge in [-0.05, 0) is 19.4 Å². The van der Waals surface area contributed by atoms with Crippen molar-refractivity contribution in [1.82, 2.24) is 0 Å². The van der Waals surface area contributed by atoms with Gasteiger partial charge in [-0.3, -0.25) is 4.79 Å². The van der Waals surface area contributed by atoms with E-state index in [1.54, 1.807) is 6.92 Å². The second kappa shape index (κ2) is 5.24. The molecule has 0 saturated heterocycles. The van der Waals surface area contributed by atoms with E-state index in [2.05, 4.69) is 18.8 Å². The Morgan fingerprint density at radius 1 is 1.36 bits per heavy atom. The molecular weight excluding hydrogens is 172 g/mol. The van der Waals surface area contributed by atoms with Crippen LogP contribution in [0.15, 0.2) is 24.3 Å². The topological polar surface area (TPSA) is 17.1 Å². The smallest absolute Gasteiger partial charge is 0.161 e. The lowest BCUT2D eigenvalue weighted by molar-refractivity contribution is 0.101. The number of unbranched alkanes of at least 4 members (excludes halogenated alkanes) is 1. The summed E-state index contributed by atoms with van der Waals surface area (Å²) in [5, 5.41) is 0. The van der Waals surface area contributed by atoms with Crippen molar-refractivity contribution in [1.29, 1.82) is 0 Å². The molecular formula is C13H14O. The van der Waals surface area contributed by atoms with E-state index in [9.17, 15) is 4.79 Å². The minimum absolute atomic E-state index is 0.0754. The zero-order valence-electron chi connectivity index (χ0n) is 8.63. The number of hydrogen-bond acceptors (Lipinski definition) is 1. The fraction of sp³-hybridized carbons (Fsp3) is 0.308. The lowest BCUT2D eigenvalue weighted by Gasteiger charge is -1.97. The van der Waals surface area contributed by atoms with Gasteiger partial charge in [-0.25, -0.2) is 0 Å². The summed E-state index contributed by atoms with van der Waals surface area (Å²) in [7, 11) is 0. The molecule has 0 aliphatic heterocycles. The zero-order chi connectivity index (χ0) is 10.4. The summed E-state index contributed by atoms with van der Waals surface area (Å²) in [6, 6.07) is 7.47. The molecule has 0 fully saturated rings. The molecule has 0 bridgehead atoms. The van der Waals surface area contributed by atoms with E-state index >= 15 is 0 Å². The molecule has 0 radical (unpaired) electrons. The van der Waals surface area contributed by atoms with Gasteiger partial charge in [-0.15, -0.1) is 0 Å². The van der Waals surface area contributed by atoms with Crippen molar-refractivity contribution < 1.29 is 4.79 Å². The number of ketones is 1. The van der Waals surface area contributed by atoms with Gasteiger partial charge in [0.25, 0.3) is 0 Å². The van der Waals surface area contributed by atoms with E-state index in [4.69, 9.17) is 0 Å². The van der Waals surface area contributed by atoms with E-state index < -0.39 is 0 Å². The first-order chi connectivity index (χ1) is 6.75. The molecule has 0 atom stereocenters. The number of hydrogen-bond donors (Lipinski definition) is 0. The van der Waals surface area contributed by atoms with Crippen LogP contribution in [0.1, 0.15) is 42.6 Å². The van der Waals surface area contributed by atoms with E-state index in [1.165, 1.54) is 0 Å². The first-order valence-electron chi connectivity index (χ1n) is 4.84. The molecule has 1 nitrogen and oxygen atoms in total. The van der Waals surface area contributed by atoms with Crippen molar-refractivity contribution in [3.8, 4) is 11.8 Å². The Kier molecular flexibility index (Phi) is 3.94. The van der Waals surface area contributed by atoms with Crippen LogP contribution in [0.3, 0.4) is 0 Å². The van der Waals surface area contributed by atoms with E-state index in [-0.39, 0.29) is 5.78 Å². The summed E-state index contributed by atoms with van der Waals surface area (Å²) in [6.45, 7) is 3.66. The maximum absolute atomic E-state index is 11.2. The summed E-state index contributed by atoms with van der Waals surface area (Å²) in [5.41, 5.74) is 1.56. The number of benzene rings is 1. The molecule has 0 aliphatic carbocycles. The van der Waals surface area contributed by atoms with Crippen LogP contribution in [0.4, 0.5) is 0 Å². The van der Waals surface area contributed by atoms with Crippen molar-refractivity contribution >= 4 is 5.78 Å². The van der Waals surface area contributed by atoms with Crippen molar-refractivity contribution in [2.24, 2.45) is 0 Å². The Morgan fingerprint density at radius 2 is 2.07 bits per heavy atom. The van der Waals surface area contributed by atoms with Gasteiger partial charge in [0.05, 0.1) is 0 Å². The Labute approximate surface area is 85.1 Å². The highest BCUT2D eigenvalue weighted by Crippen LogP contribution is 2.07. The maximum Gasteiger partial charge on any atom is 0.161 e. The third kappa shape index (κ3) is 2.74. The average molecular weight is 186 g/mol. The molecule has 0 saturated carbocycles. The minimum Gasteiger partial charge on any atom is -0.294 e. The van der Waals surface area contributed by atoms with Crippen LogP contribution in [0.25, 0.3) is 0 Å². The third-order valence-electron chi connectivity index (χ3n) is 1.90. The van der Waals surface area contributed by atoms with Crippen LogP contribution in [0.2, 0.25) is 0 Å². The van der Waals surface area contributed by atoms with Crippen LogP contribution in [-0.2, 0) is 0 Å². The molecule has 0 spiro atoms. The highest BCUT2D eigenvalue weighted by Gasteiger charge is 2.02. The fourth-order valence-corrected chi connectivity index (χ4v) is 1.18. The highest BCUT2D eigenvalue weighted by atomic mass is 16.1. The second-order valence-electron chi connectivity index (χ2n) is 3.15. The van der Waals surface area contributed by atoms with E-state index in [1.807, 2.05) is 24.3 Å². The molecule has 0 aliphatic rings.